The Kier molecular flexibility index (Phi) is 5.99. The summed E-state index contributed by atoms with van der Waals surface area (Å²) in [6, 6.07) is 9.39. The number of benzene rings is 2. The summed E-state index contributed by atoms with van der Waals surface area (Å²) in [7, 11) is 1.75. The van der Waals surface area contributed by atoms with E-state index in [4.69, 9.17) is 0 Å². The van der Waals surface area contributed by atoms with Crippen LogP contribution in [-0.2, 0) is 13.2 Å². The van der Waals surface area contributed by atoms with Gasteiger partial charge in [-0.15, -0.1) is 0 Å². The van der Waals surface area contributed by atoms with Crippen LogP contribution in [-0.4, -0.2) is 35.6 Å². The van der Waals surface area contributed by atoms with Crippen LogP contribution in [0.3, 0.4) is 0 Å². The third-order valence-corrected chi connectivity index (χ3v) is 5.58. The molecule has 9 nitrogen and oxygen atoms in total. The number of rotatable bonds is 5. The van der Waals surface area contributed by atoms with Crippen molar-refractivity contribution in [2.45, 2.75) is 13.1 Å². The largest absolute Gasteiger partial charge is 0.416 e. The lowest BCUT2D eigenvalue weighted by molar-refractivity contribution is -0.137. The van der Waals surface area contributed by atoms with Crippen LogP contribution in [0, 0.1) is 6.92 Å². The molecule has 37 heavy (non-hydrogen) atoms. The molecule has 0 bridgehead atoms. The number of hydrogen-bond acceptors (Lipinski definition) is 7. The van der Waals surface area contributed by atoms with Crippen molar-refractivity contribution in [3.8, 4) is 11.5 Å². The number of anilines is 3. The summed E-state index contributed by atoms with van der Waals surface area (Å²) in [5.41, 5.74) is 1.86. The second-order valence-electron chi connectivity index (χ2n) is 8.18. The van der Waals surface area contributed by atoms with E-state index in [0.29, 0.717) is 34.1 Å². The summed E-state index contributed by atoms with van der Waals surface area (Å²) in [5, 5.41) is 10.7. The van der Waals surface area contributed by atoms with E-state index >= 15 is 0 Å². The number of nitrogens with zero attached hydrogens (tertiary/aromatic N) is 6. The van der Waals surface area contributed by atoms with E-state index in [1.165, 1.54) is 18.3 Å². The second kappa shape index (κ2) is 9.30. The molecule has 12 heteroatoms. The first-order chi connectivity index (χ1) is 17.7. The molecular formula is C25H19F3N8O. The van der Waals surface area contributed by atoms with Crippen molar-refractivity contribution >= 4 is 34.1 Å². The van der Waals surface area contributed by atoms with Gasteiger partial charge < -0.3 is 10.6 Å². The summed E-state index contributed by atoms with van der Waals surface area (Å²) in [6.07, 6.45) is 1.74. The molecule has 5 aromatic rings. The second-order valence-corrected chi connectivity index (χ2v) is 8.18. The molecule has 3 heterocycles. The van der Waals surface area contributed by atoms with Gasteiger partial charge in [-0.05, 0) is 42.8 Å². The molecule has 0 saturated heterocycles. The number of hydrogen-bond donors (Lipinski definition) is 2. The third-order valence-electron chi connectivity index (χ3n) is 5.58. The average Bonchev–Trinajstić information content (AvgIpc) is 3.26. The van der Waals surface area contributed by atoms with E-state index in [9.17, 15) is 18.0 Å². The molecule has 5 rings (SSSR count). The summed E-state index contributed by atoms with van der Waals surface area (Å²) >= 11 is 0. The van der Waals surface area contributed by atoms with Crippen molar-refractivity contribution in [1.82, 2.24) is 29.7 Å². The van der Waals surface area contributed by atoms with E-state index in [1.54, 1.807) is 48.5 Å². The molecule has 1 amide bonds. The van der Waals surface area contributed by atoms with E-state index in [-0.39, 0.29) is 11.3 Å². The lowest BCUT2D eigenvalue weighted by Gasteiger charge is -2.13. The number of nitrogens with one attached hydrogen (secondary N) is 2. The zero-order valence-electron chi connectivity index (χ0n) is 19.6. The molecule has 0 saturated carbocycles. The van der Waals surface area contributed by atoms with Gasteiger partial charge in [-0.3, -0.25) is 14.5 Å². The van der Waals surface area contributed by atoms with Gasteiger partial charge >= 0.3 is 6.18 Å². The monoisotopic (exact) mass is 504 g/mol. The molecule has 0 aliphatic heterocycles. The minimum absolute atomic E-state index is 0.0383. The molecular weight excluding hydrogens is 485 g/mol. The highest BCUT2D eigenvalue weighted by Crippen LogP contribution is 2.31. The normalized spacial score (nSPS) is 11.5. The van der Waals surface area contributed by atoms with Crippen molar-refractivity contribution < 1.29 is 18.0 Å². The lowest BCUT2D eigenvalue weighted by atomic mass is 10.1. The predicted octanol–water partition coefficient (Wildman–Crippen LogP) is 5.14. The predicted molar refractivity (Wildman–Crippen MR) is 131 cm³/mol. The smallest absolute Gasteiger partial charge is 0.339 e. The summed E-state index contributed by atoms with van der Waals surface area (Å²) < 4.78 is 40.7. The zero-order chi connectivity index (χ0) is 26.2. The SMILES string of the molecule is Cc1ccc(C(=O)Nc2cccc(C(F)(F)F)c2)cc1Nc1nc(-c2cnccn2)nc2c1cnn2C. The summed E-state index contributed by atoms with van der Waals surface area (Å²) in [5.74, 6) is 0.219. The van der Waals surface area contributed by atoms with Gasteiger partial charge in [0.2, 0.25) is 0 Å². The fourth-order valence-corrected chi connectivity index (χ4v) is 3.65. The van der Waals surface area contributed by atoms with Crippen LogP contribution in [0.25, 0.3) is 22.6 Å². The molecule has 0 unspecified atom stereocenters. The third kappa shape index (κ3) is 4.94. The highest BCUT2D eigenvalue weighted by Gasteiger charge is 2.30. The van der Waals surface area contributed by atoms with Crippen LogP contribution >= 0.6 is 0 Å². The number of aryl methyl sites for hydroxylation is 2. The molecule has 0 atom stereocenters. The molecule has 0 aliphatic carbocycles. The van der Waals surface area contributed by atoms with Gasteiger partial charge in [0, 0.05) is 36.4 Å². The number of halogens is 3. The lowest BCUT2D eigenvalue weighted by Crippen LogP contribution is -2.13. The Labute approximate surface area is 208 Å². The fourth-order valence-electron chi connectivity index (χ4n) is 3.65. The quantitative estimate of drug-likeness (QED) is 0.341. The van der Waals surface area contributed by atoms with Gasteiger partial charge in [-0.2, -0.15) is 18.3 Å². The molecule has 186 valence electrons. The van der Waals surface area contributed by atoms with Crippen LogP contribution in [0.2, 0.25) is 0 Å². The number of aromatic nitrogens is 6. The van der Waals surface area contributed by atoms with Gasteiger partial charge in [0.25, 0.3) is 5.91 Å². The highest BCUT2D eigenvalue weighted by atomic mass is 19.4. The molecule has 2 N–H and O–H groups in total. The van der Waals surface area contributed by atoms with Crippen molar-refractivity contribution in [1.29, 1.82) is 0 Å². The maximum absolute atomic E-state index is 13.0. The van der Waals surface area contributed by atoms with Crippen LogP contribution < -0.4 is 10.6 Å². The van der Waals surface area contributed by atoms with E-state index in [2.05, 4.69) is 35.7 Å². The van der Waals surface area contributed by atoms with Gasteiger partial charge in [-0.1, -0.05) is 12.1 Å². The van der Waals surface area contributed by atoms with Crippen LogP contribution in [0.5, 0.6) is 0 Å². The van der Waals surface area contributed by atoms with Crippen molar-refractivity contribution in [2.24, 2.45) is 7.05 Å². The van der Waals surface area contributed by atoms with E-state index in [1.807, 2.05) is 6.92 Å². The first kappa shape index (κ1) is 23.9. The first-order valence-electron chi connectivity index (χ1n) is 11.0. The minimum atomic E-state index is -4.51. The minimum Gasteiger partial charge on any atom is -0.339 e. The summed E-state index contributed by atoms with van der Waals surface area (Å²) in [4.78, 5) is 30.4. The Morgan fingerprint density at radius 2 is 1.86 bits per heavy atom. The topological polar surface area (TPSA) is 111 Å². The van der Waals surface area contributed by atoms with Crippen LogP contribution in [0.1, 0.15) is 21.5 Å². The Balaban J connectivity index is 1.47. The Bertz CT molecular complexity index is 1620. The van der Waals surface area contributed by atoms with Gasteiger partial charge in [0.05, 0.1) is 23.3 Å². The standard InChI is InChI=1S/C25H19F3N8O/c1-14-6-7-15(24(37)32-17-5-3-4-16(11-17)25(26,27)28)10-19(14)33-21-18-12-31-36(2)23(18)35-22(34-21)20-13-29-8-9-30-20/h3-13H,1-2H3,(H,32,37)(H,33,34,35). The molecule has 0 spiro atoms. The van der Waals surface area contributed by atoms with E-state index < -0.39 is 17.6 Å². The maximum Gasteiger partial charge on any atom is 0.416 e. The van der Waals surface area contributed by atoms with Crippen LogP contribution in [0.4, 0.5) is 30.4 Å². The Hall–Kier alpha value is -4.87. The fraction of sp³-hybridized carbons (Fsp3) is 0.120. The van der Waals surface area contributed by atoms with Crippen molar-refractivity contribution in [2.75, 3.05) is 10.6 Å². The maximum atomic E-state index is 13.0. The molecule has 3 aromatic heterocycles. The van der Waals surface area contributed by atoms with Gasteiger partial charge in [0.1, 0.15) is 11.5 Å². The average molecular weight is 504 g/mol. The molecule has 0 fully saturated rings. The van der Waals surface area contributed by atoms with Gasteiger partial charge in [0.15, 0.2) is 11.5 Å². The Morgan fingerprint density at radius 3 is 2.62 bits per heavy atom. The molecule has 0 radical (unpaired) electrons. The first-order valence-corrected chi connectivity index (χ1v) is 11.0. The number of fused-ring (bicyclic) bond motifs is 1. The zero-order valence-corrected chi connectivity index (χ0v) is 19.6. The molecule has 0 aliphatic rings. The van der Waals surface area contributed by atoms with Crippen molar-refractivity contribution in [3.63, 3.8) is 0 Å². The summed E-state index contributed by atoms with van der Waals surface area (Å²) in [6.45, 7) is 1.85. The number of amides is 1. The van der Waals surface area contributed by atoms with Crippen molar-refractivity contribution in [3.05, 3.63) is 83.9 Å². The highest BCUT2D eigenvalue weighted by molar-refractivity contribution is 6.05. The number of carbonyl (C=O) groups is 1. The molecule has 2 aromatic carbocycles. The number of carbonyl (C=O) groups excluding carboxylic acids is 1. The Morgan fingerprint density at radius 1 is 1.03 bits per heavy atom. The van der Waals surface area contributed by atoms with Gasteiger partial charge in [-0.25, -0.2) is 15.0 Å². The van der Waals surface area contributed by atoms with Crippen LogP contribution in [0.15, 0.2) is 67.3 Å². The van der Waals surface area contributed by atoms with E-state index in [0.717, 1.165) is 17.7 Å². The number of alkyl halides is 3.